The van der Waals surface area contributed by atoms with Crippen LogP contribution in [0.5, 0.6) is 0 Å². The van der Waals surface area contributed by atoms with Gasteiger partial charge in [0, 0.05) is 25.5 Å². The lowest BCUT2D eigenvalue weighted by molar-refractivity contribution is 0.248. The van der Waals surface area contributed by atoms with Crippen molar-refractivity contribution < 1.29 is 4.79 Å². The minimum Gasteiger partial charge on any atom is -0.329 e. The highest BCUT2D eigenvalue weighted by Gasteiger charge is 2.17. The van der Waals surface area contributed by atoms with Crippen molar-refractivity contribution in [2.24, 2.45) is 7.05 Å². The summed E-state index contributed by atoms with van der Waals surface area (Å²) >= 11 is 0. The maximum Gasteiger partial charge on any atom is 0.321 e. The van der Waals surface area contributed by atoms with Gasteiger partial charge in [0.05, 0.1) is 11.7 Å². The van der Waals surface area contributed by atoms with Crippen LogP contribution < -0.4 is 10.6 Å². The molecule has 0 saturated heterocycles. The quantitative estimate of drug-likeness (QED) is 0.752. The van der Waals surface area contributed by atoms with Gasteiger partial charge in [-0.3, -0.25) is 15.0 Å². The number of carbonyl (C=O) groups is 1. The summed E-state index contributed by atoms with van der Waals surface area (Å²) in [5, 5.41) is 9.89. The SMILES string of the molecule is Cc1ccc(C[C@@H](NC(=O)Nc2ccn(C)n2)c2ccccn2)cc1. The summed E-state index contributed by atoms with van der Waals surface area (Å²) in [6, 6.07) is 15.2. The second-order valence-corrected chi connectivity index (χ2v) is 5.97. The van der Waals surface area contributed by atoms with Crippen LogP contribution >= 0.6 is 0 Å². The van der Waals surface area contributed by atoms with Gasteiger partial charge in [-0.1, -0.05) is 35.9 Å². The van der Waals surface area contributed by atoms with Crippen LogP contribution in [0.3, 0.4) is 0 Å². The summed E-state index contributed by atoms with van der Waals surface area (Å²) in [5.41, 5.74) is 3.16. The van der Waals surface area contributed by atoms with E-state index < -0.39 is 0 Å². The van der Waals surface area contributed by atoms with Gasteiger partial charge in [-0.05, 0) is 31.0 Å². The van der Waals surface area contributed by atoms with Crippen LogP contribution in [0, 0.1) is 6.92 Å². The molecule has 25 heavy (non-hydrogen) atoms. The first-order valence-corrected chi connectivity index (χ1v) is 8.14. The smallest absolute Gasteiger partial charge is 0.321 e. The minimum absolute atomic E-state index is 0.229. The molecule has 0 aliphatic carbocycles. The van der Waals surface area contributed by atoms with Crippen LogP contribution in [0.4, 0.5) is 10.6 Å². The third-order valence-corrected chi connectivity index (χ3v) is 3.87. The first-order valence-electron chi connectivity index (χ1n) is 8.14. The molecule has 0 aliphatic heterocycles. The molecule has 1 aromatic carbocycles. The van der Waals surface area contributed by atoms with E-state index in [0.29, 0.717) is 12.2 Å². The Kier molecular flexibility index (Phi) is 5.09. The number of aromatic nitrogens is 3. The average molecular weight is 335 g/mol. The van der Waals surface area contributed by atoms with Crippen LogP contribution in [0.1, 0.15) is 22.9 Å². The fourth-order valence-electron chi connectivity index (χ4n) is 2.56. The van der Waals surface area contributed by atoms with Crippen LogP contribution in [-0.4, -0.2) is 20.8 Å². The molecule has 2 aromatic heterocycles. The number of carbonyl (C=O) groups excluding carboxylic acids is 1. The van der Waals surface area contributed by atoms with Crippen LogP contribution in [0.25, 0.3) is 0 Å². The Morgan fingerprint density at radius 2 is 1.96 bits per heavy atom. The minimum atomic E-state index is -0.304. The predicted octanol–water partition coefficient (Wildman–Crippen LogP) is 3.23. The number of amides is 2. The van der Waals surface area contributed by atoms with E-state index in [1.807, 2.05) is 18.2 Å². The number of rotatable bonds is 5. The lowest BCUT2D eigenvalue weighted by atomic mass is 10.0. The zero-order chi connectivity index (χ0) is 17.6. The normalized spacial score (nSPS) is 11.8. The zero-order valence-electron chi connectivity index (χ0n) is 14.3. The first kappa shape index (κ1) is 16.7. The largest absolute Gasteiger partial charge is 0.329 e. The van der Waals surface area contributed by atoms with E-state index in [1.165, 1.54) is 5.56 Å². The number of hydrogen-bond acceptors (Lipinski definition) is 3. The van der Waals surface area contributed by atoms with Crippen molar-refractivity contribution in [3.8, 4) is 0 Å². The number of aryl methyl sites for hydroxylation is 2. The summed E-state index contributed by atoms with van der Waals surface area (Å²) in [7, 11) is 1.80. The van der Waals surface area contributed by atoms with Crippen molar-refractivity contribution >= 4 is 11.8 Å². The highest BCUT2D eigenvalue weighted by atomic mass is 16.2. The van der Waals surface area contributed by atoms with E-state index in [2.05, 4.69) is 51.9 Å². The molecule has 128 valence electrons. The number of urea groups is 1. The van der Waals surface area contributed by atoms with Gasteiger partial charge >= 0.3 is 6.03 Å². The van der Waals surface area contributed by atoms with Gasteiger partial charge < -0.3 is 5.32 Å². The maximum absolute atomic E-state index is 12.4. The van der Waals surface area contributed by atoms with Crippen LogP contribution in [-0.2, 0) is 13.5 Å². The Labute approximate surface area is 146 Å². The Hall–Kier alpha value is -3.15. The molecule has 0 bridgehead atoms. The molecule has 0 unspecified atom stereocenters. The molecule has 3 rings (SSSR count). The molecule has 2 N–H and O–H groups in total. The highest BCUT2D eigenvalue weighted by Crippen LogP contribution is 2.17. The van der Waals surface area contributed by atoms with Crippen molar-refractivity contribution in [1.82, 2.24) is 20.1 Å². The van der Waals surface area contributed by atoms with Gasteiger partial charge in [0.2, 0.25) is 0 Å². The molecule has 2 amide bonds. The molecule has 6 nitrogen and oxygen atoms in total. The van der Waals surface area contributed by atoms with Crippen molar-refractivity contribution in [3.05, 3.63) is 77.7 Å². The Morgan fingerprint density at radius 3 is 2.60 bits per heavy atom. The van der Waals surface area contributed by atoms with Gasteiger partial charge in [0.25, 0.3) is 0 Å². The second kappa shape index (κ2) is 7.61. The van der Waals surface area contributed by atoms with Gasteiger partial charge in [0.15, 0.2) is 5.82 Å². The van der Waals surface area contributed by atoms with Crippen molar-refractivity contribution in [2.45, 2.75) is 19.4 Å². The molecule has 2 heterocycles. The first-order chi connectivity index (χ1) is 12.1. The van der Waals surface area contributed by atoms with Crippen LogP contribution in [0.15, 0.2) is 60.9 Å². The molecule has 0 saturated carbocycles. The Morgan fingerprint density at radius 1 is 1.16 bits per heavy atom. The van der Waals surface area contributed by atoms with E-state index in [9.17, 15) is 4.79 Å². The van der Waals surface area contributed by atoms with Gasteiger partial charge in [-0.25, -0.2) is 4.79 Å². The summed E-state index contributed by atoms with van der Waals surface area (Å²) in [5.74, 6) is 0.509. The number of anilines is 1. The summed E-state index contributed by atoms with van der Waals surface area (Å²) < 4.78 is 1.64. The predicted molar refractivity (Wildman–Crippen MR) is 97.2 cm³/mol. The van der Waals surface area contributed by atoms with Crippen molar-refractivity contribution in [1.29, 1.82) is 0 Å². The van der Waals surface area contributed by atoms with E-state index >= 15 is 0 Å². The average Bonchev–Trinajstić information content (AvgIpc) is 3.01. The molecule has 0 fully saturated rings. The lowest BCUT2D eigenvalue weighted by Gasteiger charge is -2.18. The van der Waals surface area contributed by atoms with E-state index in [0.717, 1.165) is 11.3 Å². The number of hydrogen-bond donors (Lipinski definition) is 2. The van der Waals surface area contributed by atoms with E-state index in [1.54, 1.807) is 30.2 Å². The number of benzene rings is 1. The third kappa shape index (κ3) is 4.67. The highest BCUT2D eigenvalue weighted by molar-refractivity contribution is 5.88. The number of nitrogens with zero attached hydrogens (tertiary/aromatic N) is 3. The van der Waals surface area contributed by atoms with Gasteiger partial charge in [-0.15, -0.1) is 0 Å². The Bertz CT molecular complexity index is 827. The molecule has 0 spiro atoms. The molecule has 0 radical (unpaired) electrons. The monoisotopic (exact) mass is 335 g/mol. The summed E-state index contributed by atoms with van der Waals surface area (Å²) in [4.78, 5) is 16.7. The molecule has 1 atom stereocenters. The lowest BCUT2D eigenvalue weighted by Crippen LogP contribution is -2.34. The molecular formula is C19H21N5O. The third-order valence-electron chi connectivity index (χ3n) is 3.87. The number of nitrogens with one attached hydrogen (secondary N) is 2. The van der Waals surface area contributed by atoms with Crippen molar-refractivity contribution in [3.63, 3.8) is 0 Å². The van der Waals surface area contributed by atoms with E-state index in [-0.39, 0.29) is 12.1 Å². The topological polar surface area (TPSA) is 71.8 Å². The van der Waals surface area contributed by atoms with Gasteiger partial charge in [0.1, 0.15) is 0 Å². The Balaban J connectivity index is 1.74. The standard InChI is InChI=1S/C19H21N5O/c1-14-6-8-15(9-7-14)13-17(16-5-3-4-11-20-16)21-19(25)22-18-10-12-24(2)23-18/h3-12,17H,13H2,1-2H3,(H2,21,22,23,25)/t17-/m1/s1. The second-order valence-electron chi connectivity index (χ2n) is 5.97. The van der Waals surface area contributed by atoms with Crippen molar-refractivity contribution in [2.75, 3.05) is 5.32 Å². The molecule has 3 aromatic rings. The van der Waals surface area contributed by atoms with Gasteiger partial charge in [-0.2, -0.15) is 5.10 Å². The molecule has 6 heteroatoms. The molecular weight excluding hydrogens is 314 g/mol. The summed E-state index contributed by atoms with van der Waals surface area (Å²) in [6.07, 6.45) is 4.17. The summed E-state index contributed by atoms with van der Waals surface area (Å²) in [6.45, 7) is 2.05. The molecule has 0 aliphatic rings. The maximum atomic E-state index is 12.4. The van der Waals surface area contributed by atoms with E-state index in [4.69, 9.17) is 0 Å². The zero-order valence-corrected chi connectivity index (χ0v) is 14.3. The van der Waals surface area contributed by atoms with Crippen LogP contribution in [0.2, 0.25) is 0 Å². The number of pyridine rings is 1. The fourth-order valence-corrected chi connectivity index (χ4v) is 2.56. The fraction of sp³-hybridized carbons (Fsp3) is 0.211.